The third-order valence-corrected chi connectivity index (χ3v) is 5.15. The molecule has 2 heterocycles. The highest BCUT2D eigenvalue weighted by atomic mass is 16.5. The van der Waals surface area contributed by atoms with Crippen LogP contribution in [-0.2, 0) is 9.59 Å². The number of methoxy groups -OCH3 is 1. The predicted octanol–water partition coefficient (Wildman–Crippen LogP) is 3.41. The number of carboxylic acids is 1. The maximum Gasteiger partial charge on any atom is 0.341 e. The molecule has 8 nitrogen and oxygen atoms in total. The van der Waals surface area contributed by atoms with Crippen molar-refractivity contribution in [3.63, 3.8) is 0 Å². The molecule has 0 radical (unpaired) electrons. The number of hydrogen-bond donors (Lipinski definition) is 2. The first-order valence-electron chi connectivity index (χ1n) is 9.98. The first-order chi connectivity index (χ1) is 15.9. The molecule has 3 N–H and O–H groups in total. The van der Waals surface area contributed by atoms with E-state index in [1.807, 2.05) is 54.6 Å². The van der Waals surface area contributed by atoms with Crippen molar-refractivity contribution in [2.75, 3.05) is 13.7 Å². The number of amides is 1. The van der Waals surface area contributed by atoms with Crippen molar-refractivity contribution in [2.45, 2.75) is 0 Å². The zero-order valence-electron chi connectivity index (χ0n) is 17.6. The summed E-state index contributed by atoms with van der Waals surface area (Å²) < 4.78 is 12.7. The van der Waals surface area contributed by atoms with Gasteiger partial charge >= 0.3 is 5.97 Å². The van der Waals surface area contributed by atoms with Crippen molar-refractivity contribution >= 4 is 23.2 Å². The van der Waals surface area contributed by atoms with E-state index in [0.29, 0.717) is 5.69 Å². The van der Waals surface area contributed by atoms with Gasteiger partial charge in [-0.05, 0) is 23.3 Å². The summed E-state index contributed by atoms with van der Waals surface area (Å²) in [5.41, 5.74) is 8.47. The highest BCUT2D eigenvalue weighted by Gasteiger charge is 2.31. The molecule has 4 rings (SSSR count). The topological polar surface area (TPSA) is 120 Å². The fourth-order valence-corrected chi connectivity index (χ4v) is 3.85. The Kier molecular flexibility index (Phi) is 5.82. The molecule has 0 saturated heterocycles. The van der Waals surface area contributed by atoms with E-state index in [4.69, 9.17) is 20.3 Å². The lowest BCUT2D eigenvalue weighted by molar-refractivity contribution is -0.139. The van der Waals surface area contributed by atoms with Gasteiger partial charge in [-0.2, -0.15) is 0 Å². The summed E-state index contributed by atoms with van der Waals surface area (Å²) in [5.74, 6) is -3.09. The summed E-state index contributed by atoms with van der Waals surface area (Å²) in [6.07, 6.45) is 1.68. The first kappa shape index (κ1) is 21.6. The molecule has 2 aromatic carbocycles. The number of benzene rings is 2. The second kappa shape index (κ2) is 8.88. The average Bonchev–Trinajstić information content (AvgIpc) is 3.17. The lowest BCUT2D eigenvalue weighted by Crippen LogP contribution is -2.23. The molecule has 8 heteroatoms. The van der Waals surface area contributed by atoms with Crippen molar-refractivity contribution < 1.29 is 29.0 Å². The van der Waals surface area contributed by atoms with Crippen molar-refractivity contribution in [3.05, 3.63) is 78.5 Å². The summed E-state index contributed by atoms with van der Waals surface area (Å²) in [6.45, 7) is -0.632. The largest absolute Gasteiger partial charge is 0.494 e. The summed E-state index contributed by atoms with van der Waals surface area (Å²) in [6, 6.07) is 20.4. The van der Waals surface area contributed by atoms with E-state index in [2.05, 4.69) is 0 Å². The zero-order valence-corrected chi connectivity index (χ0v) is 17.6. The number of carbonyl (C=O) groups is 3. The smallest absolute Gasteiger partial charge is 0.341 e. The van der Waals surface area contributed by atoms with Gasteiger partial charge in [-0.15, -0.1) is 0 Å². The molecule has 0 atom stereocenters. The van der Waals surface area contributed by atoms with Gasteiger partial charge in [0, 0.05) is 11.8 Å². The molecule has 1 amide bonds. The number of ketones is 1. The van der Waals surface area contributed by atoms with Crippen LogP contribution in [0.5, 0.6) is 11.5 Å². The Morgan fingerprint density at radius 1 is 0.939 bits per heavy atom. The number of nitrogens with two attached hydrogens (primary N) is 1. The van der Waals surface area contributed by atoms with Crippen LogP contribution in [0.3, 0.4) is 0 Å². The molecule has 0 aliphatic carbocycles. The lowest BCUT2D eigenvalue weighted by Gasteiger charge is -2.13. The second-order valence-electron chi connectivity index (χ2n) is 7.14. The van der Waals surface area contributed by atoms with Gasteiger partial charge in [0.1, 0.15) is 11.3 Å². The Bertz CT molecular complexity index is 1370. The molecule has 0 fully saturated rings. The second-order valence-corrected chi connectivity index (χ2v) is 7.14. The zero-order chi connectivity index (χ0) is 23.5. The van der Waals surface area contributed by atoms with Gasteiger partial charge in [0.25, 0.3) is 11.7 Å². The number of Topliss-reactive ketones (excluding diaryl/α,β-unsaturated/α-hetero) is 1. The van der Waals surface area contributed by atoms with E-state index >= 15 is 0 Å². The predicted molar refractivity (Wildman–Crippen MR) is 121 cm³/mol. The Balaban J connectivity index is 2.09. The quantitative estimate of drug-likeness (QED) is 0.317. The summed E-state index contributed by atoms with van der Waals surface area (Å²) in [7, 11) is 1.39. The molecule has 0 aliphatic rings. The van der Waals surface area contributed by atoms with Crippen LogP contribution >= 0.6 is 0 Å². The van der Waals surface area contributed by atoms with Crippen molar-refractivity contribution in [1.82, 2.24) is 4.40 Å². The molecule has 4 aromatic rings. The highest BCUT2D eigenvalue weighted by Crippen LogP contribution is 2.44. The number of primary amides is 1. The van der Waals surface area contributed by atoms with Crippen molar-refractivity contribution in [1.29, 1.82) is 0 Å². The number of carbonyl (C=O) groups excluding carboxylic acids is 2. The number of aromatic nitrogens is 1. The van der Waals surface area contributed by atoms with Gasteiger partial charge in [0.2, 0.25) is 0 Å². The molecule has 0 unspecified atom stereocenters. The summed E-state index contributed by atoms with van der Waals surface area (Å²) >= 11 is 0. The van der Waals surface area contributed by atoms with Gasteiger partial charge in [0.05, 0.1) is 18.4 Å². The van der Waals surface area contributed by atoms with Crippen LogP contribution in [0, 0.1) is 0 Å². The molecule has 0 bridgehead atoms. The fraction of sp³-hybridized carbons (Fsp3) is 0.0800. The van der Waals surface area contributed by atoms with Crippen LogP contribution in [0.1, 0.15) is 10.4 Å². The Morgan fingerprint density at radius 3 is 2.24 bits per heavy atom. The van der Waals surface area contributed by atoms with E-state index in [1.54, 1.807) is 16.7 Å². The Labute approximate surface area is 188 Å². The Hall–Kier alpha value is -4.59. The van der Waals surface area contributed by atoms with Gasteiger partial charge in [-0.25, -0.2) is 4.79 Å². The third-order valence-electron chi connectivity index (χ3n) is 5.15. The summed E-state index contributed by atoms with van der Waals surface area (Å²) in [5, 5.41) is 9.06. The molecule has 166 valence electrons. The molecule has 2 aromatic heterocycles. The average molecular weight is 444 g/mol. The normalized spacial score (nSPS) is 10.7. The minimum atomic E-state index is -1.19. The van der Waals surface area contributed by atoms with Crippen molar-refractivity contribution in [3.8, 4) is 33.9 Å². The number of ether oxygens (including phenoxy) is 2. The van der Waals surface area contributed by atoms with Gasteiger partial charge in [-0.3, -0.25) is 9.59 Å². The monoisotopic (exact) mass is 444 g/mol. The van der Waals surface area contributed by atoms with Crippen LogP contribution in [0.15, 0.2) is 72.9 Å². The molecular formula is C25H20N2O6. The highest BCUT2D eigenvalue weighted by molar-refractivity contribution is 6.45. The number of hydrogen-bond acceptors (Lipinski definition) is 5. The van der Waals surface area contributed by atoms with Crippen LogP contribution in [0.4, 0.5) is 0 Å². The number of pyridine rings is 1. The maximum atomic E-state index is 12.9. The summed E-state index contributed by atoms with van der Waals surface area (Å²) in [4.78, 5) is 35.9. The van der Waals surface area contributed by atoms with E-state index in [-0.39, 0.29) is 22.6 Å². The molecule has 0 saturated carbocycles. The number of nitrogens with zero attached hydrogens (tertiary/aromatic N) is 1. The SMILES string of the molecule is COc1c(C(=O)C(N)=O)c2c(OCC(=O)O)cccn2c1-c1ccccc1-c1ccccc1. The number of carboxylic acid groups (broad SMARTS) is 1. The minimum absolute atomic E-state index is 0.0937. The van der Waals surface area contributed by atoms with Gasteiger partial charge in [0.15, 0.2) is 12.4 Å². The third kappa shape index (κ3) is 3.89. The van der Waals surface area contributed by atoms with Crippen LogP contribution in [-0.4, -0.2) is 40.9 Å². The number of fused-ring (bicyclic) bond motifs is 1. The van der Waals surface area contributed by atoms with E-state index < -0.39 is 24.3 Å². The number of rotatable bonds is 8. The first-order valence-corrected chi connectivity index (χ1v) is 9.98. The maximum absolute atomic E-state index is 12.9. The van der Waals surface area contributed by atoms with Crippen LogP contribution in [0.25, 0.3) is 27.9 Å². The van der Waals surface area contributed by atoms with E-state index in [0.717, 1.165) is 16.7 Å². The van der Waals surface area contributed by atoms with Gasteiger partial charge < -0.3 is 24.7 Å². The molecule has 0 spiro atoms. The molecular weight excluding hydrogens is 424 g/mol. The van der Waals surface area contributed by atoms with E-state index in [9.17, 15) is 14.4 Å². The fourth-order valence-electron chi connectivity index (χ4n) is 3.85. The number of aliphatic carboxylic acids is 1. The van der Waals surface area contributed by atoms with E-state index in [1.165, 1.54) is 13.2 Å². The van der Waals surface area contributed by atoms with Crippen LogP contribution in [0.2, 0.25) is 0 Å². The molecule has 0 aliphatic heterocycles. The lowest BCUT2D eigenvalue weighted by atomic mass is 9.97. The Morgan fingerprint density at radius 2 is 1.61 bits per heavy atom. The van der Waals surface area contributed by atoms with Gasteiger partial charge in [-0.1, -0.05) is 54.6 Å². The van der Waals surface area contributed by atoms with Crippen molar-refractivity contribution in [2.24, 2.45) is 5.73 Å². The van der Waals surface area contributed by atoms with Crippen LogP contribution < -0.4 is 15.2 Å². The molecule has 33 heavy (non-hydrogen) atoms. The standard InChI is InChI=1S/C25H20N2O6/c1-32-24-20(23(30)25(26)31)22-18(33-14-19(28)29)12-7-13-27(22)21(24)17-11-6-5-10-16(17)15-8-3-2-4-9-15/h2-13H,14H2,1H3,(H2,26,31)(H,28,29). The minimum Gasteiger partial charge on any atom is -0.494 e.